The predicted octanol–water partition coefficient (Wildman–Crippen LogP) is 5.47. The lowest BCUT2D eigenvalue weighted by molar-refractivity contribution is -0.304. The van der Waals surface area contributed by atoms with Crippen LogP contribution in [0.3, 0.4) is 0 Å². The highest BCUT2D eigenvalue weighted by Crippen LogP contribution is 2.32. The minimum Gasteiger partial charge on any atom is -0.497 e. The van der Waals surface area contributed by atoms with E-state index in [1.165, 1.54) is 0 Å². The van der Waals surface area contributed by atoms with E-state index in [1.807, 2.05) is 97.1 Å². The van der Waals surface area contributed by atoms with Crippen LogP contribution in [0.4, 0.5) is 0 Å². The summed E-state index contributed by atoms with van der Waals surface area (Å²) in [6.07, 6.45) is -4.84. The number of nitrogens with two attached hydrogens (primary N) is 2. The molecule has 0 aliphatic carbocycles. The van der Waals surface area contributed by atoms with E-state index in [0.29, 0.717) is 6.61 Å². The van der Waals surface area contributed by atoms with Crippen LogP contribution in [-0.4, -0.2) is 103 Å². The van der Waals surface area contributed by atoms with Gasteiger partial charge in [0.2, 0.25) is 0 Å². The third-order valence-electron chi connectivity index (χ3n) is 10.4. The fraction of sp³-hybridized carbons (Fsp3) is 0.455. The van der Waals surface area contributed by atoms with Gasteiger partial charge in [-0.25, -0.2) is 0 Å². The van der Waals surface area contributed by atoms with Gasteiger partial charge in [0.1, 0.15) is 41.3 Å². The Bertz CT molecular complexity index is 1920. The summed E-state index contributed by atoms with van der Waals surface area (Å²) in [4.78, 5) is 3.13. The molecule has 0 aromatic heterocycles. The molecule has 60 heavy (non-hydrogen) atoms. The van der Waals surface area contributed by atoms with E-state index < -0.39 is 54.9 Å². The lowest BCUT2D eigenvalue weighted by Crippen LogP contribution is -2.67. The summed E-state index contributed by atoms with van der Waals surface area (Å²) in [6.45, 7) is 1.31. The Balaban J connectivity index is 1.23. The molecule has 9 atom stereocenters. The van der Waals surface area contributed by atoms with Gasteiger partial charge in [-0.2, -0.15) is 0 Å². The maximum absolute atomic E-state index is 9.71. The van der Waals surface area contributed by atoms with Gasteiger partial charge in [0.15, 0.2) is 6.29 Å². The Kier molecular flexibility index (Phi) is 16.8. The molecule has 322 valence electrons. The van der Waals surface area contributed by atoms with Gasteiger partial charge in [-0.3, -0.25) is 0 Å². The number of hydrogen-bond acceptors (Lipinski definition) is 14. The molecule has 2 aliphatic rings. The Morgan fingerprint density at radius 3 is 1.43 bits per heavy atom. The van der Waals surface area contributed by atoms with Gasteiger partial charge < -0.3 is 63.6 Å². The molecule has 0 saturated carbocycles. The Hall–Kier alpha value is -4.97. The normalized spacial score (nSPS) is 25.2. The molecule has 2 heterocycles. The molecule has 16 heteroatoms. The number of nitrogens with zero attached hydrogens (tertiary/aromatic N) is 3. The Morgan fingerprint density at radius 2 is 1.00 bits per heavy atom. The van der Waals surface area contributed by atoms with Crippen molar-refractivity contribution in [3.63, 3.8) is 0 Å². The van der Waals surface area contributed by atoms with Crippen molar-refractivity contribution in [1.82, 2.24) is 0 Å². The highest BCUT2D eigenvalue weighted by Gasteiger charge is 2.50. The molecule has 0 bridgehead atoms. The van der Waals surface area contributed by atoms with E-state index in [2.05, 4.69) is 10.0 Å². The molecule has 4 N–H and O–H groups in total. The fourth-order valence-corrected chi connectivity index (χ4v) is 7.02. The van der Waals surface area contributed by atoms with Crippen molar-refractivity contribution in [3.05, 3.63) is 130 Å². The maximum Gasteiger partial charge on any atom is 0.176 e. The third-order valence-corrected chi connectivity index (χ3v) is 10.4. The van der Waals surface area contributed by atoms with Crippen molar-refractivity contribution in [3.8, 4) is 23.0 Å². The van der Waals surface area contributed by atoms with Crippen LogP contribution >= 0.6 is 0 Å². The number of methoxy groups -OCH3 is 4. The van der Waals surface area contributed by atoms with Gasteiger partial charge in [-0.05, 0) is 76.3 Å². The summed E-state index contributed by atoms with van der Waals surface area (Å²) < 4.78 is 66.4. The Labute approximate surface area is 350 Å². The fourth-order valence-electron chi connectivity index (χ4n) is 7.02. The van der Waals surface area contributed by atoms with Crippen LogP contribution < -0.4 is 30.4 Å². The monoisotopic (exact) mass is 829 g/mol. The van der Waals surface area contributed by atoms with Crippen molar-refractivity contribution < 1.29 is 52.1 Å². The SMILES string of the molecule is COc1ccc(COCC2O[C@@H](O[C@@H]3C(N)COC(COCc4ccc(OC)cc4)[C@@H]3N=[N+]=[N-])C(N)[C@@H](OCc3ccc(OC)cc3)[C@@H]2OCc2ccc(OC)cc2)cc1. The first-order chi connectivity index (χ1) is 29.3. The van der Waals surface area contributed by atoms with Crippen molar-refractivity contribution in [2.45, 2.75) is 81.4 Å². The minimum atomic E-state index is -1.09. The first kappa shape index (κ1) is 44.6. The van der Waals surface area contributed by atoms with Gasteiger partial charge in [-0.1, -0.05) is 53.6 Å². The average Bonchev–Trinajstić information content (AvgIpc) is 3.29. The molecule has 4 aromatic carbocycles. The molecule has 0 radical (unpaired) electrons. The number of ether oxygens (including phenoxy) is 11. The van der Waals surface area contributed by atoms with E-state index >= 15 is 0 Å². The lowest BCUT2D eigenvalue weighted by Gasteiger charge is -2.47. The molecule has 0 amide bonds. The lowest BCUT2D eigenvalue weighted by atomic mass is 9.94. The quantitative estimate of drug-likeness (QED) is 0.0609. The van der Waals surface area contributed by atoms with E-state index in [9.17, 15) is 5.53 Å². The number of azide groups is 1. The van der Waals surface area contributed by atoms with Crippen LogP contribution in [0.2, 0.25) is 0 Å². The van der Waals surface area contributed by atoms with Gasteiger partial charge in [0.05, 0.1) is 105 Å². The summed E-state index contributed by atoms with van der Waals surface area (Å²) in [5.74, 6) is 2.92. The minimum absolute atomic E-state index is 0.0930. The van der Waals surface area contributed by atoms with E-state index in [-0.39, 0.29) is 39.6 Å². The van der Waals surface area contributed by atoms with Crippen LogP contribution in [0.25, 0.3) is 10.4 Å². The summed E-state index contributed by atoms with van der Waals surface area (Å²) >= 11 is 0. The van der Waals surface area contributed by atoms with Crippen LogP contribution in [-0.2, 0) is 59.6 Å². The molecular formula is C44H55N5O11. The molecule has 0 spiro atoms. The summed E-state index contributed by atoms with van der Waals surface area (Å²) in [5, 5.41) is 4.10. The zero-order valence-electron chi connectivity index (χ0n) is 34.4. The van der Waals surface area contributed by atoms with Gasteiger partial charge >= 0.3 is 0 Å². The first-order valence-corrected chi connectivity index (χ1v) is 19.7. The van der Waals surface area contributed by atoms with Crippen LogP contribution in [0, 0.1) is 0 Å². The summed E-state index contributed by atoms with van der Waals surface area (Å²) in [6, 6.07) is 27.8. The van der Waals surface area contributed by atoms with Gasteiger partial charge in [-0.15, -0.1) is 0 Å². The molecule has 2 fully saturated rings. The standard InChI is InChI=1S/C44H55N5O11/c1-50-32-13-5-28(6-14-32)21-54-26-37-40(48-49-47)41(36(45)25-56-37)60-44-39(46)43(58-24-31-11-19-35(53-4)20-12-31)42(57-23-30-9-17-34(52-3)18-10-30)38(59-44)27-55-22-29-7-15-33(51-2)16-8-29/h5-20,36-44H,21-27,45-46H2,1-4H3/t36?,37?,38?,39?,40-,41+,42+,43+,44-/m0/s1. The zero-order chi connectivity index (χ0) is 42.3. The van der Waals surface area contributed by atoms with Crippen molar-refractivity contribution in [2.75, 3.05) is 48.3 Å². The van der Waals surface area contributed by atoms with Crippen LogP contribution in [0.15, 0.2) is 102 Å². The summed E-state index contributed by atoms with van der Waals surface area (Å²) in [7, 11) is 6.46. The molecule has 16 nitrogen and oxygen atoms in total. The number of hydrogen-bond donors (Lipinski definition) is 2. The smallest absolute Gasteiger partial charge is 0.176 e. The van der Waals surface area contributed by atoms with E-state index in [4.69, 9.17) is 63.6 Å². The van der Waals surface area contributed by atoms with Crippen molar-refractivity contribution >= 4 is 0 Å². The van der Waals surface area contributed by atoms with Crippen molar-refractivity contribution in [2.24, 2.45) is 16.6 Å². The van der Waals surface area contributed by atoms with E-state index in [1.54, 1.807) is 28.4 Å². The average molecular weight is 830 g/mol. The highest BCUT2D eigenvalue weighted by molar-refractivity contribution is 5.29. The number of benzene rings is 4. The number of rotatable bonds is 21. The summed E-state index contributed by atoms with van der Waals surface area (Å²) in [5.41, 5.74) is 27.1. The maximum atomic E-state index is 9.71. The van der Waals surface area contributed by atoms with Crippen molar-refractivity contribution in [1.29, 1.82) is 0 Å². The largest absolute Gasteiger partial charge is 0.497 e. The second-order valence-corrected chi connectivity index (χ2v) is 14.4. The first-order valence-electron chi connectivity index (χ1n) is 19.7. The Morgan fingerprint density at radius 1 is 0.583 bits per heavy atom. The molecule has 6 rings (SSSR count). The highest BCUT2D eigenvalue weighted by atomic mass is 16.7. The molecule has 4 aromatic rings. The molecule has 4 unspecified atom stereocenters. The molecule has 2 saturated heterocycles. The molecular weight excluding hydrogens is 775 g/mol. The van der Waals surface area contributed by atoms with E-state index in [0.717, 1.165) is 45.3 Å². The van der Waals surface area contributed by atoms with Crippen LogP contribution in [0.1, 0.15) is 22.3 Å². The second kappa shape index (κ2) is 22.6. The predicted molar refractivity (Wildman–Crippen MR) is 221 cm³/mol. The van der Waals surface area contributed by atoms with Gasteiger partial charge in [0, 0.05) is 4.91 Å². The third kappa shape index (κ3) is 12.1. The van der Waals surface area contributed by atoms with Gasteiger partial charge in [0.25, 0.3) is 0 Å². The topological polar surface area (TPSA) is 202 Å². The van der Waals surface area contributed by atoms with Crippen LogP contribution in [0.5, 0.6) is 23.0 Å². The molecule has 2 aliphatic heterocycles. The second-order valence-electron chi connectivity index (χ2n) is 14.4. The zero-order valence-corrected chi connectivity index (χ0v) is 34.4.